The summed E-state index contributed by atoms with van der Waals surface area (Å²) >= 11 is 3.37. The lowest BCUT2D eigenvalue weighted by Gasteiger charge is -2.40. The van der Waals surface area contributed by atoms with Crippen LogP contribution in [0.2, 0.25) is 0 Å². The zero-order valence-corrected chi connectivity index (χ0v) is 13.5. The first-order valence-electron chi connectivity index (χ1n) is 6.79. The second kappa shape index (κ2) is 5.91. The molecule has 4 heteroatoms. The maximum Gasteiger partial charge on any atom is 0.234 e. The van der Waals surface area contributed by atoms with Crippen LogP contribution in [0.4, 0.5) is 0 Å². The van der Waals surface area contributed by atoms with Crippen molar-refractivity contribution in [3.05, 3.63) is 0 Å². The van der Waals surface area contributed by atoms with Crippen LogP contribution >= 0.6 is 15.9 Å². The Morgan fingerprint density at radius 3 is 2.22 bits per heavy atom. The van der Waals surface area contributed by atoms with E-state index in [1.807, 2.05) is 13.8 Å². The highest BCUT2D eigenvalue weighted by molar-refractivity contribution is 9.10. The van der Waals surface area contributed by atoms with Crippen molar-refractivity contribution in [1.82, 2.24) is 5.32 Å². The predicted molar refractivity (Wildman–Crippen MR) is 77.8 cm³/mol. The summed E-state index contributed by atoms with van der Waals surface area (Å²) in [6.45, 7) is 8.83. The minimum absolute atomic E-state index is 0.0248. The SMILES string of the molecule is CC(C)C(Br)C(=O)NCC1(O)CCC(C)(C)CC1. The Balaban J connectivity index is 2.42. The van der Waals surface area contributed by atoms with E-state index < -0.39 is 5.60 Å². The van der Waals surface area contributed by atoms with Gasteiger partial charge in [0, 0.05) is 6.54 Å². The number of carbonyl (C=O) groups is 1. The summed E-state index contributed by atoms with van der Waals surface area (Å²) in [6.07, 6.45) is 3.58. The summed E-state index contributed by atoms with van der Waals surface area (Å²) in [5.74, 6) is 0.230. The average molecular weight is 320 g/mol. The fourth-order valence-electron chi connectivity index (χ4n) is 2.22. The molecule has 1 atom stereocenters. The van der Waals surface area contributed by atoms with Gasteiger partial charge in [-0.3, -0.25) is 4.79 Å². The quantitative estimate of drug-likeness (QED) is 0.783. The molecular weight excluding hydrogens is 294 g/mol. The second-order valence-corrected chi connectivity index (χ2v) is 7.74. The van der Waals surface area contributed by atoms with E-state index >= 15 is 0 Å². The van der Waals surface area contributed by atoms with Gasteiger partial charge in [0.1, 0.15) is 0 Å². The van der Waals surface area contributed by atoms with Crippen molar-refractivity contribution in [2.75, 3.05) is 6.54 Å². The molecule has 0 radical (unpaired) electrons. The first-order chi connectivity index (χ1) is 8.15. The number of amides is 1. The van der Waals surface area contributed by atoms with Crippen molar-refractivity contribution in [3.63, 3.8) is 0 Å². The molecule has 1 unspecified atom stereocenters. The van der Waals surface area contributed by atoms with Crippen LogP contribution in [0.25, 0.3) is 0 Å². The maximum atomic E-state index is 11.8. The van der Waals surface area contributed by atoms with Gasteiger partial charge >= 0.3 is 0 Å². The van der Waals surface area contributed by atoms with Crippen LogP contribution in [0.1, 0.15) is 53.4 Å². The van der Waals surface area contributed by atoms with E-state index in [9.17, 15) is 9.90 Å². The summed E-state index contributed by atoms with van der Waals surface area (Å²) in [4.78, 5) is 11.6. The fourth-order valence-corrected chi connectivity index (χ4v) is 2.38. The van der Waals surface area contributed by atoms with E-state index in [2.05, 4.69) is 35.1 Å². The van der Waals surface area contributed by atoms with Crippen molar-refractivity contribution in [2.24, 2.45) is 11.3 Å². The zero-order valence-electron chi connectivity index (χ0n) is 11.9. The number of halogens is 1. The molecule has 1 saturated carbocycles. The number of carbonyl (C=O) groups excluding carboxylic acids is 1. The number of alkyl halides is 1. The van der Waals surface area contributed by atoms with Crippen molar-refractivity contribution in [2.45, 2.75) is 63.8 Å². The van der Waals surface area contributed by atoms with Gasteiger partial charge in [-0.1, -0.05) is 43.6 Å². The molecule has 1 amide bonds. The first-order valence-corrected chi connectivity index (χ1v) is 7.71. The molecule has 1 aliphatic rings. The third-order valence-electron chi connectivity index (χ3n) is 3.96. The zero-order chi connectivity index (χ0) is 14.0. The minimum Gasteiger partial charge on any atom is -0.388 e. The second-order valence-electron chi connectivity index (χ2n) is 6.75. The van der Waals surface area contributed by atoms with Gasteiger partial charge in [0.15, 0.2) is 0 Å². The molecule has 1 aliphatic carbocycles. The van der Waals surface area contributed by atoms with Crippen LogP contribution in [-0.4, -0.2) is 28.0 Å². The fraction of sp³-hybridized carbons (Fsp3) is 0.929. The molecule has 106 valence electrons. The molecule has 1 fully saturated rings. The summed E-state index contributed by atoms with van der Waals surface area (Å²) in [5.41, 5.74) is -0.388. The van der Waals surface area contributed by atoms with E-state index in [-0.39, 0.29) is 16.7 Å². The number of rotatable bonds is 4. The van der Waals surface area contributed by atoms with E-state index in [1.54, 1.807) is 0 Å². The molecule has 0 aliphatic heterocycles. The van der Waals surface area contributed by atoms with Gasteiger partial charge in [0.2, 0.25) is 5.91 Å². The summed E-state index contributed by atoms with van der Waals surface area (Å²) in [6, 6.07) is 0. The molecule has 0 aromatic heterocycles. The van der Waals surface area contributed by atoms with Crippen molar-refractivity contribution >= 4 is 21.8 Å². The van der Waals surface area contributed by atoms with E-state index in [0.717, 1.165) is 25.7 Å². The third-order valence-corrected chi connectivity index (χ3v) is 5.43. The molecule has 0 aromatic carbocycles. The Morgan fingerprint density at radius 1 is 1.28 bits per heavy atom. The van der Waals surface area contributed by atoms with Crippen molar-refractivity contribution in [1.29, 1.82) is 0 Å². The average Bonchev–Trinajstić information content (AvgIpc) is 2.30. The summed E-state index contributed by atoms with van der Waals surface area (Å²) in [5, 5.41) is 13.3. The number of nitrogens with one attached hydrogen (secondary N) is 1. The third kappa shape index (κ3) is 4.54. The minimum atomic E-state index is -0.713. The van der Waals surface area contributed by atoms with Crippen LogP contribution in [0, 0.1) is 11.3 Å². The molecule has 0 bridgehead atoms. The van der Waals surface area contributed by atoms with Gasteiger partial charge in [-0.25, -0.2) is 0 Å². The largest absolute Gasteiger partial charge is 0.388 e. The molecule has 18 heavy (non-hydrogen) atoms. The number of hydrogen-bond donors (Lipinski definition) is 2. The van der Waals surface area contributed by atoms with Crippen molar-refractivity contribution in [3.8, 4) is 0 Å². The van der Waals surface area contributed by atoms with Gasteiger partial charge in [0.05, 0.1) is 10.4 Å². The van der Waals surface area contributed by atoms with Crippen molar-refractivity contribution < 1.29 is 9.90 Å². The van der Waals surface area contributed by atoms with Gasteiger partial charge in [0.25, 0.3) is 0 Å². The van der Waals surface area contributed by atoms with Crippen LogP contribution in [-0.2, 0) is 4.79 Å². The number of aliphatic hydroxyl groups is 1. The summed E-state index contributed by atoms with van der Waals surface area (Å²) in [7, 11) is 0. The Labute approximate surface area is 119 Å². The lowest BCUT2D eigenvalue weighted by Crippen LogP contribution is -2.48. The Bertz CT molecular complexity index is 292. The Hall–Kier alpha value is -0.0900. The highest BCUT2D eigenvalue weighted by atomic mass is 79.9. The van der Waals surface area contributed by atoms with Crippen LogP contribution in [0.5, 0.6) is 0 Å². The van der Waals surface area contributed by atoms with Crippen LogP contribution in [0.3, 0.4) is 0 Å². The predicted octanol–water partition coefficient (Wildman–Crippen LogP) is 2.85. The molecule has 1 rings (SSSR count). The smallest absolute Gasteiger partial charge is 0.234 e. The Kier molecular flexibility index (Phi) is 5.24. The van der Waals surface area contributed by atoms with Gasteiger partial charge < -0.3 is 10.4 Å². The lowest BCUT2D eigenvalue weighted by molar-refractivity contribution is -0.123. The first kappa shape index (κ1) is 16.0. The van der Waals surface area contributed by atoms with Gasteiger partial charge in [-0.2, -0.15) is 0 Å². The molecule has 0 aromatic rings. The van der Waals surface area contributed by atoms with Crippen LogP contribution < -0.4 is 5.32 Å². The molecular formula is C14H26BrNO2. The topological polar surface area (TPSA) is 49.3 Å². The molecule has 0 saturated heterocycles. The lowest BCUT2D eigenvalue weighted by atomic mass is 9.71. The summed E-state index contributed by atoms with van der Waals surface area (Å²) < 4.78 is 0. The molecule has 3 nitrogen and oxygen atoms in total. The molecule has 0 spiro atoms. The normalized spacial score (nSPS) is 23.7. The number of hydrogen-bond acceptors (Lipinski definition) is 2. The van der Waals surface area contributed by atoms with Gasteiger partial charge in [-0.15, -0.1) is 0 Å². The standard InChI is InChI=1S/C14H26BrNO2/c1-10(2)11(15)12(17)16-9-14(18)7-5-13(3,4)6-8-14/h10-11,18H,5-9H2,1-4H3,(H,16,17). The highest BCUT2D eigenvalue weighted by Gasteiger charge is 2.37. The Morgan fingerprint density at radius 2 is 1.78 bits per heavy atom. The maximum absolute atomic E-state index is 11.8. The highest BCUT2D eigenvalue weighted by Crippen LogP contribution is 2.39. The molecule has 2 N–H and O–H groups in total. The van der Waals surface area contributed by atoms with E-state index in [0.29, 0.717) is 12.0 Å². The molecule has 0 heterocycles. The monoisotopic (exact) mass is 319 g/mol. The van der Waals surface area contributed by atoms with E-state index in [1.165, 1.54) is 0 Å². The van der Waals surface area contributed by atoms with Crippen LogP contribution in [0.15, 0.2) is 0 Å². The van der Waals surface area contributed by atoms with Gasteiger partial charge in [-0.05, 0) is 37.0 Å². The van der Waals surface area contributed by atoms with E-state index in [4.69, 9.17) is 0 Å².